The lowest BCUT2D eigenvalue weighted by atomic mass is 9.98. The van der Waals surface area contributed by atoms with Gasteiger partial charge in [-0.15, -0.1) is 0 Å². The molecule has 1 fully saturated rings. The molecule has 0 saturated carbocycles. The van der Waals surface area contributed by atoms with Crippen molar-refractivity contribution in [2.75, 3.05) is 37.7 Å². The van der Waals surface area contributed by atoms with Gasteiger partial charge < -0.3 is 14.9 Å². The van der Waals surface area contributed by atoms with Gasteiger partial charge in [-0.25, -0.2) is 4.52 Å². The van der Waals surface area contributed by atoms with Gasteiger partial charge in [-0.3, -0.25) is 9.48 Å². The number of carbonyl (C=O) groups excluding carboxylic acids is 1. The zero-order chi connectivity index (χ0) is 22.1. The molecule has 0 aliphatic carbocycles. The maximum atomic E-state index is 13.0. The molecule has 4 heterocycles. The highest BCUT2D eigenvalue weighted by molar-refractivity contribution is 5.84. The van der Waals surface area contributed by atoms with Crippen molar-refractivity contribution >= 4 is 17.1 Å². The first-order valence-corrected chi connectivity index (χ1v) is 10.8. The van der Waals surface area contributed by atoms with Crippen LogP contribution in [0.3, 0.4) is 0 Å². The summed E-state index contributed by atoms with van der Waals surface area (Å²) in [6.07, 6.45) is 7.73. The Morgan fingerprint density at radius 3 is 2.44 bits per heavy atom. The number of hydrogen-bond acceptors (Lipinski definition) is 5. The smallest absolute Gasteiger partial charge is 0.232 e. The van der Waals surface area contributed by atoms with Crippen LogP contribution < -0.4 is 4.90 Å². The highest BCUT2D eigenvalue weighted by atomic mass is 16.3. The van der Waals surface area contributed by atoms with Gasteiger partial charge >= 0.3 is 0 Å². The van der Waals surface area contributed by atoms with Crippen molar-refractivity contribution in [2.45, 2.75) is 5.92 Å². The summed E-state index contributed by atoms with van der Waals surface area (Å²) >= 11 is 0. The van der Waals surface area contributed by atoms with E-state index < -0.39 is 5.92 Å². The molecular formula is C24H26N6O2. The Bertz CT molecular complexity index is 1220. The second kappa shape index (κ2) is 8.47. The molecule has 0 bridgehead atoms. The average Bonchev–Trinajstić information content (AvgIpc) is 3.46. The summed E-state index contributed by atoms with van der Waals surface area (Å²) in [5, 5.41) is 18.6. The van der Waals surface area contributed by atoms with E-state index in [0.717, 1.165) is 41.0 Å². The Labute approximate surface area is 186 Å². The SMILES string of the molecule is Cn1cc(-c2ccc3c(N4CCN(C(=O)[C@@H](CO)c5ccccc5)CC4)cnn3c2)cn1. The van der Waals surface area contributed by atoms with Gasteiger partial charge in [-0.05, 0) is 11.6 Å². The molecule has 4 aromatic rings. The van der Waals surface area contributed by atoms with Gasteiger partial charge in [0.25, 0.3) is 0 Å². The Hall–Kier alpha value is -3.65. The van der Waals surface area contributed by atoms with Gasteiger partial charge in [-0.1, -0.05) is 36.4 Å². The van der Waals surface area contributed by atoms with E-state index in [0.29, 0.717) is 13.1 Å². The van der Waals surface area contributed by atoms with Gasteiger partial charge in [0.1, 0.15) is 0 Å². The Morgan fingerprint density at radius 1 is 0.969 bits per heavy atom. The Morgan fingerprint density at radius 2 is 1.75 bits per heavy atom. The number of rotatable bonds is 5. The molecule has 8 heteroatoms. The first kappa shape index (κ1) is 20.3. The van der Waals surface area contributed by atoms with Crippen LogP contribution in [-0.4, -0.2) is 68.1 Å². The van der Waals surface area contributed by atoms with Crippen molar-refractivity contribution in [1.82, 2.24) is 24.3 Å². The molecule has 1 aromatic carbocycles. The first-order valence-electron chi connectivity index (χ1n) is 10.8. The Balaban J connectivity index is 1.29. The van der Waals surface area contributed by atoms with E-state index in [4.69, 9.17) is 0 Å². The number of hydrogen-bond donors (Lipinski definition) is 1. The molecule has 0 unspecified atom stereocenters. The van der Waals surface area contributed by atoms with E-state index in [2.05, 4.69) is 27.2 Å². The predicted molar refractivity (Wildman–Crippen MR) is 122 cm³/mol. The third kappa shape index (κ3) is 3.73. The standard InChI is InChI=1S/C24H26N6O2/c1-27-15-20(13-25-27)19-7-8-22-23(14-26-30(22)16-19)28-9-11-29(12-10-28)24(32)21(17-31)18-5-3-2-4-6-18/h2-8,13-16,21,31H,9-12,17H2,1H3/t21-/m0/s1. The van der Waals surface area contributed by atoms with Crippen LogP contribution in [-0.2, 0) is 11.8 Å². The molecule has 32 heavy (non-hydrogen) atoms. The third-order valence-electron chi connectivity index (χ3n) is 6.15. The summed E-state index contributed by atoms with van der Waals surface area (Å²) < 4.78 is 3.68. The fourth-order valence-corrected chi connectivity index (χ4v) is 4.35. The van der Waals surface area contributed by atoms with Crippen LogP contribution in [0.5, 0.6) is 0 Å². The summed E-state index contributed by atoms with van der Waals surface area (Å²) in [5.74, 6) is -0.523. The molecule has 1 aliphatic rings. The molecule has 5 rings (SSSR count). The zero-order valence-electron chi connectivity index (χ0n) is 18.0. The van der Waals surface area contributed by atoms with Crippen LogP contribution in [0.1, 0.15) is 11.5 Å². The summed E-state index contributed by atoms with van der Waals surface area (Å²) in [6.45, 7) is 2.51. The number of aliphatic hydroxyl groups excluding tert-OH is 1. The highest BCUT2D eigenvalue weighted by Gasteiger charge is 2.29. The molecule has 0 radical (unpaired) electrons. The number of piperazine rings is 1. The van der Waals surface area contributed by atoms with Crippen LogP contribution in [0, 0.1) is 0 Å². The van der Waals surface area contributed by atoms with Crippen molar-refractivity contribution in [3.05, 3.63) is 72.8 Å². The minimum atomic E-state index is -0.509. The summed E-state index contributed by atoms with van der Waals surface area (Å²) in [7, 11) is 1.90. The number of anilines is 1. The van der Waals surface area contributed by atoms with E-state index in [-0.39, 0.29) is 12.5 Å². The van der Waals surface area contributed by atoms with Gasteiger partial charge in [-0.2, -0.15) is 10.2 Å². The van der Waals surface area contributed by atoms with E-state index in [9.17, 15) is 9.90 Å². The normalized spacial score (nSPS) is 15.3. The van der Waals surface area contributed by atoms with Gasteiger partial charge in [0.05, 0.1) is 36.1 Å². The lowest BCUT2D eigenvalue weighted by Gasteiger charge is -2.37. The monoisotopic (exact) mass is 430 g/mol. The van der Waals surface area contributed by atoms with Crippen molar-refractivity contribution in [3.63, 3.8) is 0 Å². The van der Waals surface area contributed by atoms with Crippen LogP contribution in [0.15, 0.2) is 67.3 Å². The molecule has 1 N–H and O–H groups in total. The number of fused-ring (bicyclic) bond motifs is 1. The first-order chi connectivity index (χ1) is 15.6. The van der Waals surface area contributed by atoms with Crippen molar-refractivity contribution in [2.24, 2.45) is 7.05 Å². The second-order valence-electron chi connectivity index (χ2n) is 8.14. The number of pyridine rings is 1. The Kier molecular flexibility index (Phi) is 5.36. The van der Waals surface area contributed by atoms with Crippen molar-refractivity contribution < 1.29 is 9.90 Å². The number of aliphatic hydroxyl groups is 1. The fourth-order valence-electron chi connectivity index (χ4n) is 4.35. The quantitative estimate of drug-likeness (QED) is 0.525. The highest BCUT2D eigenvalue weighted by Crippen LogP contribution is 2.27. The van der Waals surface area contributed by atoms with Crippen molar-refractivity contribution in [3.8, 4) is 11.1 Å². The number of aryl methyl sites for hydroxylation is 1. The maximum absolute atomic E-state index is 13.0. The molecule has 3 aromatic heterocycles. The fraction of sp³-hybridized carbons (Fsp3) is 0.292. The largest absolute Gasteiger partial charge is 0.395 e. The summed E-state index contributed by atoms with van der Waals surface area (Å²) in [6, 6.07) is 13.7. The van der Waals surface area contributed by atoms with E-state index >= 15 is 0 Å². The van der Waals surface area contributed by atoms with E-state index in [1.807, 2.05) is 71.6 Å². The zero-order valence-corrected chi connectivity index (χ0v) is 18.0. The average molecular weight is 431 g/mol. The summed E-state index contributed by atoms with van der Waals surface area (Å²) in [4.78, 5) is 17.2. The van der Waals surface area contributed by atoms with Gasteiger partial charge in [0, 0.05) is 56.7 Å². The van der Waals surface area contributed by atoms with Crippen LogP contribution >= 0.6 is 0 Å². The molecular weight excluding hydrogens is 404 g/mol. The van der Waals surface area contributed by atoms with E-state index in [1.54, 1.807) is 4.68 Å². The summed E-state index contributed by atoms with van der Waals surface area (Å²) in [5.41, 5.74) is 5.07. The predicted octanol–water partition coefficient (Wildman–Crippen LogP) is 2.16. The topological polar surface area (TPSA) is 78.9 Å². The van der Waals surface area contributed by atoms with Crippen LogP contribution in [0.4, 0.5) is 5.69 Å². The minimum absolute atomic E-state index is 0.0145. The third-order valence-corrected chi connectivity index (χ3v) is 6.15. The molecule has 1 aliphatic heterocycles. The molecule has 1 atom stereocenters. The van der Waals surface area contributed by atoms with E-state index in [1.165, 1.54) is 0 Å². The second-order valence-corrected chi connectivity index (χ2v) is 8.14. The van der Waals surface area contributed by atoms with Gasteiger partial charge in [0.15, 0.2) is 0 Å². The minimum Gasteiger partial charge on any atom is -0.395 e. The molecule has 1 saturated heterocycles. The molecule has 1 amide bonds. The molecule has 0 spiro atoms. The molecule has 164 valence electrons. The maximum Gasteiger partial charge on any atom is 0.232 e. The molecule has 8 nitrogen and oxygen atoms in total. The van der Waals surface area contributed by atoms with Crippen LogP contribution in [0.2, 0.25) is 0 Å². The van der Waals surface area contributed by atoms with Crippen molar-refractivity contribution in [1.29, 1.82) is 0 Å². The number of carbonyl (C=O) groups is 1. The number of amides is 1. The van der Waals surface area contributed by atoms with Gasteiger partial charge in [0.2, 0.25) is 5.91 Å². The lowest BCUT2D eigenvalue weighted by molar-refractivity contribution is -0.134. The van der Waals surface area contributed by atoms with Crippen LogP contribution in [0.25, 0.3) is 16.6 Å². The lowest BCUT2D eigenvalue weighted by Crippen LogP contribution is -2.50. The number of nitrogens with zero attached hydrogens (tertiary/aromatic N) is 6. The number of aromatic nitrogens is 4. The number of benzene rings is 1.